The lowest BCUT2D eigenvalue weighted by molar-refractivity contribution is 0.252. The molecule has 0 atom stereocenters. The van der Waals surface area contributed by atoms with Crippen LogP contribution in [-0.4, -0.2) is 52.7 Å². The van der Waals surface area contributed by atoms with Crippen molar-refractivity contribution >= 4 is 17.4 Å². The van der Waals surface area contributed by atoms with Gasteiger partial charge < -0.3 is 15.5 Å². The Kier molecular flexibility index (Phi) is 3.02. The largest absolute Gasteiger partial charge is 0.366 e. The Labute approximate surface area is 112 Å². The minimum Gasteiger partial charge on any atom is -0.366 e. The summed E-state index contributed by atoms with van der Waals surface area (Å²) in [5, 5.41) is 4.28. The van der Waals surface area contributed by atoms with Crippen molar-refractivity contribution in [1.82, 2.24) is 19.5 Å². The number of piperidine rings is 1. The first kappa shape index (κ1) is 12.2. The first-order valence-corrected chi connectivity index (χ1v) is 6.68. The van der Waals surface area contributed by atoms with E-state index in [1.807, 2.05) is 16.6 Å². The van der Waals surface area contributed by atoms with Gasteiger partial charge in [-0.25, -0.2) is 0 Å². The molecule has 1 aliphatic heterocycles. The van der Waals surface area contributed by atoms with Gasteiger partial charge in [0.15, 0.2) is 5.65 Å². The third-order valence-electron chi connectivity index (χ3n) is 3.95. The smallest absolute Gasteiger partial charge is 0.240 e. The predicted octanol–water partition coefficient (Wildman–Crippen LogP) is 0.842. The zero-order valence-electron chi connectivity index (χ0n) is 11.5. The van der Waals surface area contributed by atoms with E-state index in [4.69, 9.17) is 5.73 Å². The van der Waals surface area contributed by atoms with Gasteiger partial charge >= 0.3 is 0 Å². The third kappa shape index (κ3) is 2.23. The zero-order chi connectivity index (χ0) is 13.4. The Bertz CT molecular complexity index is 570. The summed E-state index contributed by atoms with van der Waals surface area (Å²) in [7, 11) is 4.30. The van der Waals surface area contributed by atoms with E-state index in [1.165, 1.54) is 12.8 Å². The highest BCUT2D eigenvalue weighted by atomic mass is 15.4. The van der Waals surface area contributed by atoms with Gasteiger partial charge in [-0.3, -0.25) is 0 Å². The Balaban J connectivity index is 1.90. The number of rotatable bonds is 2. The molecule has 3 rings (SSSR count). The van der Waals surface area contributed by atoms with Crippen LogP contribution in [0.4, 0.5) is 11.8 Å². The highest BCUT2D eigenvalue weighted by molar-refractivity contribution is 5.52. The normalized spacial score (nSPS) is 18.0. The fraction of sp³-hybridized carbons (Fsp3) is 0.538. The summed E-state index contributed by atoms with van der Waals surface area (Å²) >= 11 is 0. The van der Waals surface area contributed by atoms with Crippen LogP contribution >= 0.6 is 0 Å². The third-order valence-corrected chi connectivity index (χ3v) is 3.95. The first-order valence-electron chi connectivity index (χ1n) is 6.68. The molecule has 1 saturated heterocycles. The maximum atomic E-state index is 5.69. The second kappa shape index (κ2) is 4.70. The van der Waals surface area contributed by atoms with Crippen LogP contribution in [0.3, 0.4) is 0 Å². The van der Waals surface area contributed by atoms with Crippen molar-refractivity contribution in [2.75, 3.05) is 37.8 Å². The molecule has 6 heteroatoms. The number of nitrogens with zero attached hydrogens (tertiary/aromatic N) is 5. The Morgan fingerprint density at radius 2 is 2.05 bits per heavy atom. The molecule has 0 unspecified atom stereocenters. The highest BCUT2D eigenvalue weighted by Crippen LogP contribution is 2.22. The van der Waals surface area contributed by atoms with E-state index in [1.54, 1.807) is 0 Å². The molecular formula is C13H20N6. The summed E-state index contributed by atoms with van der Waals surface area (Å²) in [4.78, 5) is 8.88. The molecule has 0 saturated carbocycles. The highest BCUT2D eigenvalue weighted by Gasteiger charge is 2.22. The number of nitrogen functional groups attached to an aromatic ring is 1. The quantitative estimate of drug-likeness (QED) is 0.867. The van der Waals surface area contributed by atoms with Crippen molar-refractivity contribution in [2.45, 2.75) is 18.9 Å². The van der Waals surface area contributed by atoms with E-state index in [2.05, 4.69) is 40.0 Å². The first-order chi connectivity index (χ1) is 9.15. The molecule has 19 heavy (non-hydrogen) atoms. The van der Waals surface area contributed by atoms with Gasteiger partial charge in [-0.05, 0) is 45.1 Å². The second-order valence-corrected chi connectivity index (χ2v) is 5.27. The van der Waals surface area contributed by atoms with Crippen molar-refractivity contribution in [3.05, 3.63) is 18.2 Å². The van der Waals surface area contributed by atoms with Crippen molar-refractivity contribution in [3.8, 4) is 0 Å². The van der Waals surface area contributed by atoms with Crippen LogP contribution in [0.25, 0.3) is 5.65 Å². The molecule has 0 aliphatic carbocycles. The molecule has 0 radical (unpaired) electrons. The number of hydrogen-bond donors (Lipinski definition) is 1. The number of anilines is 2. The van der Waals surface area contributed by atoms with Gasteiger partial charge in [0.1, 0.15) is 5.82 Å². The monoisotopic (exact) mass is 260 g/mol. The lowest BCUT2D eigenvalue weighted by Gasteiger charge is -2.36. The minimum atomic E-state index is 0.323. The fourth-order valence-electron chi connectivity index (χ4n) is 2.74. The molecule has 1 aliphatic rings. The van der Waals surface area contributed by atoms with Gasteiger partial charge in [-0.15, -0.1) is 5.10 Å². The van der Waals surface area contributed by atoms with E-state index in [-0.39, 0.29) is 0 Å². The van der Waals surface area contributed by atoms with Gasteiger partial charge in [-0.1, -0.05) is 6.07 Å². The SMILES string of the molecule is CN1CCC(N(C)c2cccc3nc(N)nn23)CC1. The van der Waals surface area contributed by atoms with Gasteiger partial charge in [0, 0.05) is 13.1 Å². The van der Waals surface area contributed by atoms with Crippen molar-refractivity contribution < 1.29 is 0 Å². The summed E-state index contributed by atoms with van der Waals surface area (Å²) in [5.41, 5.74) is 6.49. The lowest BCUT2D eigenvalue weighted by Crippen LogP contribution is -2.42. The van der Waals surface area contributed by atoms with Crippen LogP contribution in [0, 0.1) is 0 Å². The molecule has 0 bridgehead atoms. The molecule has 0 spiro atoms. The molecule has 102 valence electrons. The summed E-state index contributed by atoms with van der Waals surface area (Å²) in [6.45, 7) is 2.29. The zero-order valence-corrected chi connectivity index (χ0v) is 11.5. The lowest BCUT2D eigenvalue weighted by atomic mass is 10.0. The van der Waals surface area contributed by atoms with Crippen LogP contribution in [-0.2, 0) is 0 Å². The van der Waals surface area contributed by atoms with Crippen molar-refractivity contribution in [1.29, 1.82) is 0 Å². The number of aromatic nitrogens is 3. The van der Waals surface area contributed by atoms with Gasteiger partial charge in [0.2, 0.25) is 5.95 Å². The number of pyridine rings is 1. The number of fused-ring (bicyclic) bond motifs is 1. The van der Waals surface area contributed by atoms with Crippen LogP contribution in [0.15, 0.2) is 18.2 Å². The molecule has 0 aromatic carbocycles. The van der Waals surface area contributed by atoms with Crippen LogP contribution in [0.1, 0.15) is 12.8 Å². The maximum Gasteiger partial charge on any atom is 0.240 e. The van der Waals surface area contributed by atoms with Crippen LogP contribution in [0.2, 0.25) is 0 Å². The standard InChI is InChI=1S/C13H20N6/c1-17-8-6-10(7-9-17)18(2)12-5-3-4-11-15-13(14)16-19(11)12/h3-5,10H,6-9H2,1-2H3,(H2,14,16). The van der Waals surface area contributed by atoms with E-state index in [0.29, 0.717) is 12.0 Å². The van der Waals surface area contributed by atoms with Gasteiger partial charge in [-0.2, -0.15) is 9.50 Å². The van der Waals surface area contributed by atoms with Crippen LogP contribution in [0.5, 0.6) is 0 Å². The number of nitrogens with two attached hydrogens (primary N) is 1. The Morgan fingerprint density at radius 1 is 1.32 bits per heavy atom. The molecule has 2 N–H and O–H groups in total. The molecular weight excluding hydrogens is 240 g/mol. The molecule has 1 fully saturated rings. The summed E-state index contributed by atoms with van der Waals surface area (Å²) < 4.78 is 1.83. The second-order valence-electron chi connectivity index (χ2n) is 5.27. The molecule has 2 aromatic heterocycles. The van der Waals surface area contributed by atoms with Gasteiger partial charge in [0.05, 0.1) is 0 Å². The fourth-order valence-corrected chi connectivity index (χ4v) is 2.74. The summed E-state index contributed by atoms with van der Waals surface area (Å²) in [6, 6.07) is 6.55. The van der Waals surface area contributed by atoms with E-state index in [9.17, 15) is 0 Å². The molecule has 2 aromatic rings. The Morgan fingerprint density at radius 3 is 2.79 bits per heavy atom. The summed E-state index contributed by atoms with van der Waals surface area (Å²) in [5.74, 6) is 1.38. The van der Waals surface area contributed by atoms with Gasteiger partial charge in [0.25, 0.3) is 0 Å². The maximum absolute atomic E-state index is 5.69. The van der Waals surface area contributed by atoms with Crippen molar-refractivity contribution in [2.24, 2.45) is 0 Å². The molecule has 6 nitrogen and oxygen atoms in total. The average molecular weight is 260 g/mol. The van der Waals surface area contributed by atoms with Crippen molar-refractivity contribution in [3.63, 3.8) is 0 Å². The molecule has 0 amide bonds. The predicted molar refractivity (Wildman–Crippen MR) is 76.3 cm³/mol. The number of likely N-dealkylation sites (tertiary alicyclic amines) is 1. The summed E-state index contributed by atoms with van der Waals surface area (Å²) in [6.07, 6.45) is 2.35. The Hall–Kier alpha value is -1.82. The van der Waals surface area contributed by atoms with E-state index < -0.39 is 0 Å². The van der Waals surface area contributed by atoms with E-state index >= 15 is 0 Å². The number of hydrogen-bond acceptors (Lipinski definition) is 5. The average Bonchev–Trinajstić information content (AvgIpc) is 2.78. The van der Waals surface area contributed by atoms with E-state index in [0.717, 1.165) is 24.6 Å². The molecule has 3 heterocycles. The topological polar surface area (TPSA) is 62.7 Å². The minimum absolute atomic E-state index is 0.323. The van der Waals surface area contributed by atoms with Crippen LogP contribution < -0.4 is 10.6 Å².